The van der Waals surface area contributed by atoms with Gasteiger partial charge in [0.2, 0.25) is 0 Å². The second kappa shape index (κ2) is 11.7. The maximum absolute atomic E-state index is 12.7. The zero-order valence-electron chi connectivity index (χ0n) is 20.8. The summed E-state index contributed by atoms with van der Waals surface area (Å²) in [5.74, 6) is -0.186. The summed E-state index contributed by atoms with van der Waals surface area (Å²) in [6, 6.07) is 34.8. The molecule has 2 N–H and O–H groups in total. The number of nitrogens with one attached hydrogen (secondary N) is 2. The number of rotatable bonds is 5. The molecule has 7 heteroatoms. The molecule has 1 aliphatic rings. The molecule has 190 valence electrons. The lowest BCUT2D eigenvalue weighted by molar-refractivity contribution is 0.0746. The fourth-order valence-corrected chi connectivity index (χ4v) is 4.68. The van der Waals surface area contributed by atoms with Gasteiger partial charge < -0.3 is 15.1 Å². The number of hydrogen-bond donors (Lipinski definition) is 2. The largest absolute Gasteiger partial charge is 0.368 e. The van der Waals surface area contributed by atoms with Gasteiger partial charge in [-0.2, -0.15) is 0 Å². The molecule has 1 saturated heterocycles. The molecule has 5 rings (SSSR count). The maximum atomic E-state index is 12.7. The van der Waals surface area contributed by atoms with Gasteiger partial charge in [0.25, 0.3) is 11.8 Å². The number of amides is 2. The van der Waals surface area contributed by atoms with Crippen LogP contribution in [0, 0.1) is 0 Å². The predicted molar refractivity (Wildman–Crippen MR) is 157 cm³/mol. The van der Waals surface area contributed by atoms with E-state index < -0.39 is 0 Å². The molecule has 38 heavy (non-hydrogen) atoms. The zero-order chi connectivity index (χ0) is 26.3. The Morgan fingerprint density at radius 2 is 1.21 bits per heavy atom. The Balaban J connectivity index is 1.11. The highest BCUT2D eigenvalue weighted by atomic mass is 32.1. The average Bonchev–Trinajstić information content (AvgIpc) is 2.98. The molecule has 4 aromatic rings. The summed E-state index contributed by atoms with van der Waals surface area (Å²) < 4.78 is 0. The molecule has 4 aromatic carbocycles. The monoisotopic (exact) mass is 520 g/mol. The smallest absolute Gasteiger partial charge is 0.257 e. The van der Waals surface area contributed by atoms with E-state index in [0.29, 0.717) is 18.7 Å². The zero-order valence-corrected chi connectivity index (χ0v) is 21.7. The van der Waals surface area contributed by atoms with Crippen LogP contribution < -0.4 is 15.5 Å². The molecule has 6 nitrogen and oxygen atoms in total. The van der Waals surface area contributed by atoms with Crippen molar-refractivity contribution in [3.63, 3.8) is 0 Å². The molecule has 0 radical (unpaired) electrons. The summed E-state index contributed by atoms with van der Waals surface area (Å²) in [7, 11) is 0. The number of carbonyl (C=O) groups excluding carboxylic acids is 2. The van der Waals surface area contributed by atoms with Gasteiger partial charge in [-0.1, -0.05) is 60.7 Å². The number of carbonyl (C=O) groups is 2. The molecular formula is C31H28N4O2S. The molecule has 0 saturated carbocycles. The van der Waals surface area contributed by atoms with Crippen LogP contribution in [-0.2, 0) is 0 Å². The summed E-state index contributed by atoms with van der Waals surface area (Å²) in [6.45, 7) is 2.89. The SMILES string of the molecule is O=C(NC(=S)Nc1ccc(N2CCN(C(=O)c3ccccc3)CC2)cc1)c1ccc(-c2ccccc2)cc1. The van der Waals surface area contributed by atoms with Gasteiger partial charge in [-0.15, -0.1) is 0 Å². The summed E-state index contributed by atoms with van der Waals surface area (Å²) in [6.07, 6.45) is 0. The lowest BCUT2D eigenvalue weighted by Crippen LogP contribution is -2.48. The van der Waals surface area contributed by atoms with E-state index in [1.165, 1.54) is 0 Å². The Morgan fingerprint density at radius 3 is 1.84 bits per heavy atom. The van der Waals surface area contributed by atoms with E-state index >= 15 is 0 Å². The molecule has 2 amide bonds. The minimum Gasteiger partial charge on any atom is -0.368 e. The quantitative estimate of drug-likeness (QED) is 0.343. The van der Waals surface area contributed by atoms with Crippen LogP contribution >= 0.6 is 12.2 Å². The maximum Gasteiger partial charge on any atom is 0.257 e. The third-order valence-corrected chi connectivity index (χ3v) is 6.76. The predicted octanol–water partition coefficient (Wildman–Crippen LogP) is 5.44. The molecular weight excluding hydrogens is 492 g/mol. The number of nitrogens with zero attached hydrogens (tertiary/aromatic N) is 2. The molecule has 0 aliphatic carbocycles. The van der Waals surface area contributed by atoms with Gasteiger partial charge in [0.05, 0.1) is 0 Å². The van der Waals surface area contributed by atoms with E-state index in [0.717, 1.165) is 41.2 Å². The summed E-state index contributed by atoms with van der Waals surface area (Å²) in [4.78, 5) is 29.5. The van der Waals surface area contributed by atoms with Crippen molar-refractivity contribution in [2.45, 2.75) is 0 Å². The molecule has 1 heterocycles. The summed E-state index contributed by atoms with van der Waals surface area (Å²) in [5.41, 5.74) is 5.28. The third-order valence-electron chi connectivity index (χ3n) is 6.56. The average molecular weight is 521 g/mol. The highest BCUT2D eigenvalue weighted by Crippen LogP contribution is 2.21. The van der Waals surface area contributed by atoms with Crippen molar-refractivity contribution in [2.75, 3.05) is 36.4 Å². The van der Waals surface area contributed by atoms with Gasteiger partial charge in [-0.3, -0.25) is 14.9 Å². The van der Waals surface area contributed by atoms with E-state index in [4.69, 9.17) is 12.2 Å². The summed E-state index contributed by atoms with van der Waals surface area (Å²) in [5, 5.41) is 6.06. The Morgan fingerprint density at radius 1 is 0.632 bits per heavy atom. The molecule has 0 unspecified atom stereocenters. The second-order valence-corrected chi connectivity index (χ2v) is 9.45. The first-order chi connectivity index (χ1) is 18.6. The van der Waals surface area contributed by atoms with Crippen molar-refractivity contribution in [3.05, 3.63) is 120 Å². The van der Waals surface area contributed by atoms with Crippen molar-refractivity contribution in [2.24, 2.45) is 0 Å². The van der Waals surface area contributed by atoms with Crippen LogP contribution in [0.4, 0.5) is 11.4 Å². The van der Waals surface area contributed by atoms with Crippen LogP contribution in [0.25, 0.3) is 11.1 Å². The van der Waals surface area contributed by atoms with Crippen molar-refractivity contribution >= 4 is 40.5 Å². The number of thiocarbonyl (C=S) groups is 1. The number of anilines is 2. The highest BCUT2D eigenvalue weighted by Gasteiger charge is 2.22. The second-order valence-electron chi connectivity index (χ2n) is 9.04. The normalized spacial score (nSPS) is 13.1. The van der Waals surface area contributed by atoms with Crippen LogP contribution in [0.15, 0.2) is 109 Å². The van der Waals surface area contributed by atoms with Crippen LogP contribution in [0.1, 0.15) is 20.7 Å². The first kappa shape index (κ1) is 25.2. The third kappa shape index (κ3) is 6.07. The number of hydrogen-bond acceptors (Lipinski definition) is 4. The number of benzene rings is 4. The van der Waals surface area contributed by atoms with E-state index in [-0.39, 0.29) is 16.9 Å². The topological polar surface area (TPSA) is 64.7 Å². The van der Waals surface area contributed by atoms with E-state index in [1.54, 1.807) is 12.1 Å². The first-order valence-corrected chi connectivity index (χ1v) is 12.9. The fraction of sp³-hybridized carbons (Fsp3) is 0.129. The van der Waals surface area contributed by atoms with Gasteiger partial charge in [0.15, 0.2) is 5.11 Å². The van der Waals surface area contributed by atoms with Crippen LogP contribution in [0.2, 0.25) is 0 Å². The van der Waals surface area contributed by atoms with Crippen molar-refractivity contribution in [1.82, 2.24) is 10.2 Å². The Labute approximate surface area is 227 Å². The first-order valence-electron chi connectivity index (χ1n) is 12.5. The molecule has 1 fully saturated rings. The molecule has 0 bridgehead atoms. The lowest BCUT2D eigenvalue weighted by Gasteiger charge is -2.36. The molecule has 0 spiro atoms. The van der Waals surface area contributed by atoms with E-state index in [9.17, 15) is 9.59 Å². The van der Waals surface area contributed by atoms with Gasteiger partial charge in [0, 0.05) is 48.7 Å². The van der Waals surface area contributed by atoms with Crippen molar-refractivity contribution < 1.29 is 9.59 Å². The van der Waals surface area contributed by atoms with Gasteiger partial charge >= 0.3 is 0 Å². The van der Waals surface area contributed by atoms with Crippen LogP contribution in [0.5, 0.6) is 0 Å². The minimum absolute atomic E-state index is 0.0764. The summed E-state index contributed by atoms with van der Waals surface area (Å²) >= 11 is 5.36. The van der Waals surface area contributed by atoms with E-state index in [1.807, 2.05) is 102 Å². The Kier molecular flexibility index (Phi) is 7.75. The Bertz CT molecular complexity index is 1400. The highest BCUT2D eigenvalue weighted by molar-refractivity contribution is 7.80. The van der Waals surface area contributed by atoms with Gasteiger partial charge in [-0.25, -0.2) is 0 Å². The van der Waals surface area contributed by atoms with Crippen LogP contribution in [0.3, 0.4) is 0 Å². The van der Waals surface area contributed by atoms with E-state index in [2.05, 4.69) is 15.5 Å². The van der Waals surface area contributed by atoms with Crippen molar-refractivity contribution in [3.8, 4) is 11.1 Å². The lowest BCUT2D eigenvalue weighted by atomic mass is 10.0. The molecule has 0 aromatic heterocycles. The molecule has 1 aliphatic heterocycles. The molecule has 0 atom stereocenters. The minimum atomic E-state index is -0.262. The fourth-order valence-electron chi connectivity index (χ4n) is 4.47. The number of piperazine rings is 1. The Hall–Kier alpha value is -4.49. The standard InChI is InChI=1S/C31H28N4O2S/c36-29(25-13-11-24(12-14-25)23-7-3-1-4-8-23)33-31(38)32-27-15-17-28(18-16-27)34-19-21-35(22-20-34)30(37)26-9-5-2-6-10-26/h1-18H,19-22H2,(H2,32,33,36,38). The van der Waals surface area contributed by atoms with Gasteiger partial charge in [-0.05, 0) is 71.9 Å². The van der Waals surface area contributed by atoms with Crippen LogP contribution in [-0.4, -0.2) is 48.0 Å². The van der Waals surface area contributed by atoms with Gasteiger partial charge in [0.1, 0.15) is 0 Å². The van der Waals surface area contributed by atoms with Crippen molar-refractivity contribution in [1.29, 1.82) is 0 Å².